The molecule has 116 valence electrons. The molecule has 0 amide bonds. The Bertz CT molecular complexity index is 539. The van der Waals surface area contributed by atoms with Crippen molar-refractivity contribution in [2.75, 3.05) is 11.4 Å². The zero-order valence-corrected chi connectivity index (χ0v) is 12.2. The third-order valence-corrected chi connectivity index (χ3v) is 4.30. The van der Waals surface area contributed by atoms with Crippen molar-refractivity contribution in [3.05, 3.63) is 29.3 Å². The van der Waals surface area contributed by atoms with Crippen molar-refractivity contribution in [3.8, 4) is 0 Å². The first-order chi connectivity index (χ1) is 9.71. The van der Waals surface area contributed by atoms with Gasteiger partial charge in [0.05, 0.1) is 5.56 Å². The highest BCUT2D eigenvalue weighted by Crippen LogP contribution is 2.36. The molecule has 1 aliphatic rings. The van der Waals surface area contributed by atoms with Gasteiger partial charge in [-0.2, -0.15) is 13.2 Å². The third-order valence-electron chi connectivity index (χ3n) is 4.30. The van der Waals surface area contributed by atoms with E-state index < -0.39 is 17.6 Å². The summed E-state index contributed by atoms with van der Waals surface area (Å²) < 4.78 is 39.5. The van der Waals surface area contributed by atoms with E-state index in [9.17, 15) is 13.2 Å². The van der Waals surface area contributed by atoms with Gasteiger partial charge in [0.1, 0.15) is 5.84 Å². The number of benzene rings is 1. The normalized spacial score (nSPS) is 23.2. The molecule has 3 nitrogen and oxygen atoms in total. The average molecular weight is 299 g/mol. The fourth-order valence-electron chi connectivity index (χ4n) is 2.88. The van der Waals surface area contributed by atoms with E-state index in [-0.39, 0.29) is 11.6 Å². The molecule has 1 heterocycles. The first-order valence-electron chi connectivity index (χ1n) is 7.04. The topological polar surface area (TPSA) is 53.1 Å². The van der Waals surface area contributed by atoms with E-state index in [0.717, 1.165) is 25.5 Å². The number of piperidine rings is 1. The highest BCUT2D eigenvalue weighted by Gasteiger charge is 2.35. The van der Waals surface area contributed by atoms with Gasteiger partial charge in [0, 0.05) is 23.8 Å². The Labute approximate surface area is 122 Å². The van der Waals surface area contributed by atoms with Crippen LogP contribution in [0.2, 0.25) is 0 Å². The summed E-state index contributed by atoms with van der Waals surface area (Å²) in [7, 11) is 0. The van der Waals surface area contributed by atoms with Crippen molar-refractivity contribution in [1.29, 1.82) is 5.41 Å². The minimum absolute atomic E-state index is 0.197. The number of anilines is 1. The van der Waals surface area contributed by atoms with Gasteiger partial charge in [-0.3, -0.25) is 5.41 Å². The van der Waals surface area contributed by atoms with Crippen LogP contribution >= 0.6 is 0 Å². The maximum Gasteiger partial charge on any atom is 0.417 e. The second-order valence-electron chi connectivity index (χ2n) is 5.69. The van der Waals surface area contributed by atoms with Crippen LogP contribution in [0.25, 0.3) is 0 Å². The van der Waals surface area contributed by atoms with Crippen LogP contribution in [0.3, 0.4) is 0 Å². The Morgan fingerprint density at radius 3 is 2.57 bits per heavy atom. The molecule has 1 fully saturated rings. The van der Waals surface area contributed by atoms with E-state index in [1.165, 1.54) is 6.07 Å². The maximum atomic E-state index is 13.2. The van der Waals surface area contributed by atoms with Crippen molar-refractivity contribution in [3.63, 3.8) is 0 Å². The lowest BCUT2D eigenvalue weighted by Gasteiger charge is -2.40. The summed E-state index contributed by atoms with van der Waals surface area (Å²) in [5.41, 5.74) is 4.71. The van der Waals surface area contributed by atoms with Gasteiger partial charge >= 0.3 is 6.18 Å². The number of rotatable bonds is 2. The van der Waals surface area contributed by atoms with Gasteiger partial charge in [-0.15, -0.1) is 0 Å². The molecule has 1 aromatic rings. The van der Waals surface area contributed by atoms with Gasteiger partial charge in [0.15, 0.2) is 0 Å². The molecule has 2 rings (SSSR count). The second kappa shape index (κ2) is 5.58. The number of alkyl halides is 3. The molecule has 6 heteroatoms. The third kappa shape index (κ3) is 3.14. The Morgan fingerprint density at radius 1 is 1.33 bits per heavy atom. The van der Waals surface area contributed by atoms with E-state index in [1.54, 1.807) is 6.07 Å². The first-order valence-corrected chi connectivity index (χ1v) is 7.04. The number of amidine groups is 1. The number of nitrogen functional groups attached to an aromatic ring is 1. The van der Waals surface area contributed by atoms with Gasteiger partial charge in [-0.05, 0) is 43.9 Å². The molecule has 3 N–H and O–H groups in total. The van der Waals surface area contributed by atoms with Crippen molar-refractivity contribution < 1.29 is 13.2 Å². The number of nitrogens with zero attached hydrogens (tertiary/aromatic N) is 1. The lowest BCUT2D eigenvalue weighted by Crippen LogP contribution is -2.42. The molecule has 1 aromatic carbocycles. The molecule has 0 aromatic heterocycles. The van der Waals surface area contributed by atoms with Gasteiger partial charge in [0.25, 0.3) is 0 Å². The monoisotopic (exact) mass is 299 g/mol. The molecule has 21 heavy (non-hydrogen) atoms. The van der Waals surface area contributed by atoms with Crippen LogP contribution in [-0.4, -0.2) is 18.4 Å². The van der Waals surface area contributed by atoms with Crippen molar-refractivity contribution in [2.45, 2.75) is 38.9 Å². The largest absolute Gasteiger partial charge is 0.417 e. The van der Waals surface area contributed by atoms with E-state index in [1.807, 2.05) is 11.8 Å². The summed E-state index contributed by atoms with van der Waals surface area (Å²) in [6.07, 6.45) is -2.45. The summed E-state index contributed by atoms with van der Waals surface area (Å²) in [6, 6.07) is 4.24. The number of nitrogens with two attached hydrogens (primary N) is 1. The average Bonchev–Trinajstić information content (AvgIpc) is 2.40. The zero-order valence-electron chi connectivity index (χ0n) is 12.2. The highest BCUT2D eigenvalue weighted by molar-refractivity contribution is 5.97. The van der Waals surface area contributed by atoms with Crippen molar-refractivity contribution in [2.24, 2.45) is 11.7 Å². The Morgan fingerprint density at radius 2 is 2.00 bits per heavy atom. The first kappa shape index (κ1) is 15.7. The molecule has 0 bridgehead atoms. The quantitative estimate of drug-likeness (QED) is 0.647. The summed E-state index contributed by atoms with van der Waals surface area (Å²) in [4.78, 5) is 2.01. The van der Waals surface area contributed by atoms with Gasteiger partial charge in [-0.1, -0.05) is 6.92 Å². The van der Waals surface area contributed by atoms with Crippen LogP contribution in [0.5, 0.6) is 0 Å². The number of hydrogen-bond acceptors (Lipinski definition) is 2. The number of nitrogens with one attached hydrogen (secondary N) is 1. The molecule has 0 saturated carbocycles. The summed E-state index contributed by atoms with van der Waals surface area (Å²) in [5.74, 6) is -0.116. The lowest BCUT2D eigenvalue weighted by atomic mass is 9.91. The van der Waals surface area contributed by atoms with Gasteiger partial charge in [-0.25, -0.2) is 0 Å². The lowest BCUT2D eigenvalue weighted by molar-refractivity contribution is -0.137. The molecular formula is C15H20F3N3. The van der Waals surface area contributed by atoms with Gasteiger partial charge < -0.3 is 10.6 Å². The Balaban J connectivity index is 2.44. The van der Waals surface area contributed by atoms with Crippen LogP contribution in [0.1, 0.15) is 37.8 Å². The van der Waals surface area contributed by atoms with E-state index in [2.05, 4.69) is 6.92 Å². The number of halogens is 3. The van der Waals surface area contributed by atoms with E-state index in [4.69, 9.17) is 11.1 Å². The van der Waals surface area contributed by atoms with Crippen LogP contribution in [0.15, 0.2) is 18.2 Å². The molecule has 2 atom stereocenters. The van der Waals surface area contributed by atoms with E-state index in [0.29, 0.717) is 11.6 Å². The standard InChI is InChI=1S/C15H20F3N3/c1-9-4-3-7-21(10(9)2)11-5-6-12(14(19)20)13(8-11)15(16,17)18/h5-6,8-10H,3-4,7H2,1-2H3,(H3,19,20). The summed E-state index contributed by atoms with van der Waals surface area (Å²) >= 11 is 0. The van der Waals surface area contributed by atoms with E-state index >= 15 is 0 Å². The van der Waals surface area contributed by atoms with Crippen LogP contribution < -0.4 is 10.6 Å². The van der Waals surface area contributed by atoms with Crippen molar-refractivity contribution >= 4 is 11.5 Å². The molecule has 1 saturated heterocycles. The highest BCUT2D eigenvalue weighted by atomic mass is 19.4. The minimum Gasteiger partial charge on any atom is -0.384 e. The predicted molar refractivity (Wildman–Crippen MR) is 77.7 cm³/mol. The van der Waals surface area contributed by atoms with Crippen LogP contribution in [-0.2, 0) is 6.18 Å². The van der Waals surface area contributed by atoms with Gasteiger partial charge in [0.2, 0.25) is 0 Å². The predicted octanol–water partition coefficient (Wildman–Crippen LogP) is 3.61. The molecule has 2 unspecified atom stereocenters. The molecule has 0 aliphatic carbocycles. The second-order valence-corrected chi connectivity index (χ2v) is 5.69. The molecule has 1 aliphatic heterocycles. The fourth-order valence-corrected chi connectivity index (χ4v) is 2.88. The summed E-state index contributed by atoms with van der Waals surface area (Å²) in [6.45, 7) is 4.91. The van der Waals surface area contributed by atoms with Crippen molar-refractivity contribution in [1.82, 2.24) is 0 Å². The summed E-state index contributed by atoms with van der Waals surface area (Å²) in [5, 5.41) is 7.31. The Kier molecular flexibility index (Phi) is 4.16. The minimum atomic E-state index is -4.51. The molecular weight excluding hydrogens is 279 g/mol. The maximum absolute atomic E-state index is 13.2. The number of hydrogen-bond donors (Lipinski definition) is 2. The zero-order chi connectivity index (χ0) is 15.8. The van der Waals surface area contributed by atoms with Crippen LogP contribution in [0, 0.1) is 11.3 Å². The fraction of sp³-hybridized carbons (Fsp3) is 0.533. The van der Waals surface area contributed by atoms with Crippen LogP contribution in [0.4, 0.5) is 18.9 Å². The molecule has 0 radical (unpaired) electrons. The SMILES string of the molecule is CC1CCCN(c2ccc(C(=N)N)c(C(F)(F)F)c2)C1C. The molecule has 0 spiro atoms. The smallest absolute Gasteiger partial charge is 0.384 e. The Hall–Kier alpha value is -1.72.